The lowest BCUT2D eigenvalue weighted by Gasteiger charge is -2.24. The number of rotatable bonds is 4. The zero-order valence-corrected chi connectivity index (χ0v) is 17.6. The van der Waals surface area contributed by atoms with Crippen molar-refractivity contribution in [3.8, 4) is 0 Å². The van der Waals surface area contributed by atoms with Crippen LogP contribution < -0.4 is 14.9 Å². The Kier molecular flexibility index (Phi) is 5.65. The SMILES string of the molecule is CCOC(=O)C1=C(C)N=c2s/c(=C/c3ccccc3F)c(=O)n2[C@H]1c1ccccc1F. The summed E-state index contributed by atoms with van der Waals surface area (Å²) in [6.45, 7) is 3.40. The number of thiazole rings is 1. The number of nitrogens with zero attached hydrogens (tertiary/aromatic N) is 2. The molecule has 0 N–H and O–H groups in total. The Balaban J connectivity index is 2.00. The topological polar surface area (TPSA) is 60.7 Å². The summed E-state index contributed by atoms with van der Waals surface area (Å²) < 4.78 is 35.6. The van der Waals surface area contributed by atoms with Gasteiger partial charge in [0.25, 0.3) is 5.56 Å². The second kappa shape index (κ2) is 8.39. The van der Waals surface area contributed by atoms with Crippen LogP contribution in [0.2, 0.25) is 0 Å². The molecule has 0 bridgehead atoms. The summed E-state index contributed by atoms with van der Waals surface area (Å²) >= 11 is 1.05. The fourth-order valence-corrected chi connectivity index (χ4v) is 4.55. The van der Waals surface area contributed by atoms with Crippen LogP contribution in [0.25, 0.3) is 6.08 Å². The third-order valence-electron chi connectivity index (χ3n) is 4.91. The quantitative estimate of drug-likeness (QED) is 0.586. The number of carbonyl (C=O) groups is 1. The largest absolute Gasteiger partial charge is 0.463 e. The Hall–Kier alpha value is -3.39. The van der Waals surface area contributed by atoms with E-state index in [0.29, 0.717) is 10.5 Å². The molecule has 1 aliphatic heterocycles. The van der Waals surface area contributed by atoms with Crippen molar-refractivity contribution in [2.24, 2.45) is 4.99 Å². The molecule has 0 saturated carbocycles. The molecule has 1 aliphatic rings. The summed E-state index contributed by atoms with van der Waals surface area (Å²) in [7, 11) is 0. The monoisotopic (exact) mass is 440 g/mol. The number of hydrogen-bond donors (Lipinski definition) is 0. The third-order valence-corrected chi connectivity index (χ3v) is 5.89. The first-order chi connectivity index (χ1) is 14.9. The lowest BCUT2D eigenvalue weighted by atomic mass is 9.95. The van der Waals surface area contributed by atoms with Gasteiger partial charge in [-0.2, -0.15) is 0 Å². The summed E-state index contributed by atoms with van der Waals surface area (Å²) in [6.07, 6.45) is 1.43. The van der Waals surface area contributed by atoms with Crippen LogP contribution >= 0.6 is 11.3 Å². The van der Waals surface area contributed by atoms with Crippen LogP contribution in [0.3, 0.4) is 0 Å². The smallest absolute Gasteiger partial charge is 0.338 e. The Bertz CT molecular complexity index is 1390. The first kappa shape index (κ1) is 20.9. The van der Waals surface area contributed by atoms with Crippen molar-refractivity contribution in [3.63, 3.8) is 0 Å². The normalized spacial score (nSPS) is 16.1. The minimum absolute atomic E-state index is 0.0943. The number of hydrogen-bond acceptors (Lipinski definition) is 5. The van der Waals surface area contributed by atoms with Crippen LogP contribution in [0.4, 0.5) is 8.78 Å². The van der Waals surface area contributed by atoms with E-state index in [0.717, 1.165) is 11.3 Å². The number of benzene rings is 2. The molecule has 0 fully saturated rings. The minimum Gasteiger partial charge on any atom is -0.463 e. The maximum atomic E-state index is 14.8. The molecule has 1 atom stereocenters. The van der Waals surface area contributed by atoms with Gasteiger partial charge >= 0.3 is 5.97 Å². The van der Waals surface area contributed by atoms with Crippen molar-refractivity contribution in [3.05, 3.63) is 102 Å². The highest BCUT2D eigenvalue weighted by Crippen LogP contribution is 2.32. The van der Waals surface area contributed by atoms with Crippen LogP contribution in [0.1, 0.15) is 31.0 Å². The lowest BCUT2D eigenvalue weighted by molar-refractivity contribution is -0.139. The summed E-state index contributed by atoms with van der Waals surface area (Å²) in [5.41, 5.74) is 0.340. The second-order valence-corrected chi connectivity index (χ2v) is 7.85. The highest BCUT2D eigenvalue weighted by molar-refractivity contribution is 7.07. The molecule has 0 unspecified atom stereocenters. The van der Waals surface area contributed by atoms with Gasteiger partial charge in [0, 0.05) is 11.1 Å². The van der Waals surface area contributed by atoms with Crippen molar-refractivity contribution < 1.29 is 18.3 Å². The third kappa shape index (κ3) is 3.74. The summed E-state index contributed by atoms with van der Waals surface area (Å²) in [5, 5.41) is 0. The van der Waals surface area contributed by atoms with Crippen molar-refractivity contribution in [2.45, 2.75) is 19.9 Å². The van der Waals surface area contributed by atoms with Gasteiger partial charge in [-0.15, -0.1) is 0 Å². The summed E-state index contributed by atoms with van der Waals surface area (Å²) in [5.74, 6) is -1.70. The molecule has 5 nitrogen and oxygen atoms in total. The van der Waals surface area contributed by atoms with Gasteiger partial charge in [0.15, 0.2) is 4.80 Å². The van der Waals surface area contributed by atoms with Crippen molar-refractivity contribution in [2.75, 3.05) is 6.61 Å². The van der Waals surface area contributed by atoms with E-state index in [4.69, 9.17) is 4.74 Å². The molecule has 0 amide bonds. The van der Waals surface area contributed by atoms with Gasteiger partial charge in [0.05, 0.1) is 22.4 Å². The number of fused-ring (bicyclic) bond motifs is 1. The Morgan fingerprint density at radius 1 is 1.16 bits per heavy atom. The first-order valence-corrected chi connectivity index (χ1v) is 10.4. The van der Waals surface area contributed by atoms with E-state index in [9.17, 15) is 18.4 Å². The summed E-state index contributed by atoms with van der Waals surface area (Å²) in [4.78, 5) is 30.8. The molecule has 31 heavy (non-hydrogen) atoms. The molecule has 3 aromatic rings. The zero-order chi connectivity index (χ0) is 22.1. The standard InChI is InChI=1S/C23H18F2N2O3S/c1-3-30-22(29)19-13(2)26-23-27(20(19)15-9-5-7-11-17(15)25)21(28)18(31-23)12-14-8-4-6-10-16(14)24/h4-12,20H,3H2,1-2H3/b18-12+/t20-/m0/s1. The van der Waals surface area contributed by atoms with E-state index in [1.807, 2.05) is 0 Å². The molecular weight excluding hydrogens is 422 g/mol. The van der Waals surface area contributed by atoms with Gasteiger partial charge in [0.1, 0.15) is 17.7 Å². The molecule has 0 radical (unpaired) electrons. The van der Waals surface area contributed by atoms with Crippen molar-refractivity contribution in [1.29, 1.82) is 0 Å². The van der Waals surface area contributed by atoms with Crippen molar-refractivity contribution in [1.82, 2.24) is 4.57 Å². The number of esters is 1. The fourth-order valence-electron chi connectivity index (χ4n) is 3.52. The molecule has 158 valence electrons. The van der Waals surface area contributed by atoms with E-state index in [1.165, 1.54) is 34.9 Å². The highest BCUT2D eigenvalue weighted by atomic mass is 32.1. The fraction of sp³-hybridized carbons (Fsp3) is 0.174. The van der Waals surface area contributed by atoms with Gasteiger partial charge in [-0.05, 0) is 32.1 Å². The van der Waals surface area contributed by atoms with Gasteiger partial charge in [-0.25, -0.2) is 18.6 Å². The van der Waals surface area contributed by atoms with Crippen molar-refractivity contribution >= 4 is 23.4 Å². The molecule has 1 aromatic heterocycles. The Morgan fingerprint density at radius 3 is 2.52 bits per heavy atom. The van der Waals surface area contributed by atoms with Gasteiger partial charge in [-0.3, -0.25) is 9.36 Å². The predicted molar refractivity (Wildman–Crippen MR) is 113 cm³/mol. The zero-order valence-electron chi connectivity index (χ0n) is 16.8. The molecule has 8 heteroatoms. The number of ether oxygens (including phenoxy) is 1. The summed E-state index contributed by atoms with van der Waals surface area (Å²) in [6, 6.07) is 11.0. The second-order valence-electron chi connectivity index (χ2n) is 6.85. The van der Waals surface area contributed by atoms with E-state index in [1.54, 1.807) is 38.1 Å². The first-order valence-electron chi connectivity index (χ1n) is 9.61. The number of aromatic nitrogens is 1. The van der Waals surface area contributed by atoms with Crippen LogP contribution in [0.5, 0.6) is 0 Å². The molecule has 0 saturated heterocycles. The Morgan fingerprint density at radius 2 is 1.84 bits per heavy atom. The van der Waals surface area contributed by atoms with Gasteiger partial charge < -0.3 is 4.74 Å². The lowest BCUT2D eigenvalue weighted by Crippen LogP contribution is -2.40. The highest BCUT2D eigenvalue weighted by Gasteiger charge is 2.34. The molecule has 0 aliphatic carbocycles. The minimum atomic E-state index is -1.04. The van der Waals surface area contributed by atoms with E-state index < -0.39 is 29.2 Å². The maximum absolute atomic E-state index is 14.8. The van der Waals surface area contributed by atoms with Gasteiger partial charge in [-0.1, -0.05) is 47.7 Å². The maximum Gasteiger partial charge on any atom is 0.338 e. The average Bonchev–Trinajstić information content (AvgIpc) is 3.04. The van der Waals surface area contributed by atoms with E-state index in [2.05, 4.69) is 4.99 Å². The molecule has 4 rings (SSSR count). The van der Waals surface area contributed by atoms with Crippen LogP contribution in [0, 0.1) is 11.6 Å². The van der Waals surface area contributed by atoms with Crippen LogP contribution in [0.15, 0.2) is 69.6 Å². The Labute approximate surface area is 180 Å². The average molecular weight is 440 g/mol. The number of halogens is 2. The van der Waals surface area contributed by atoms with Crippen LogP contribution in [-0.2, 0) is 9.53 Å². The van der Waals surface area contributed by atoms with E-state index >= 15 is 0 Å². The van der Waals surface area contributed by atoms with E-state index in [-0.39, 0.29) is 27.8 Å². The predicted octanol–water partition coefficient (Wildman–Crippen LogP) is 3.08. The number of allylic oxidation sites excluding steroid dienone is 1. The number of carbonyl (C=O) groups excluding carboxylic acids is 1. The van der Waals surface area contributed by atoms with Crippen LogP contribution in [-0.4, -0.2) is 17.1 Å². The van der Waals surface area contributed by atoms with Gasteiger partial charge in [0.2, 0.25) is 0 Å². The molecular formula is C23H18F2N2O3S. The molecule has 2 aromatic carbocycles. The molecule has 0 spiro atoms. The molecule has 2 heterocycles.